The molecule has 45 heavy (non-hydrogen) atoms. The van der Waals surface area contributed by atoms with Crippen LogP contribution in [-0.4, -0.2) is 87.7 Å². The van der Waals surface area contributed by atoms with Gasteiger partial charge in [0.1, 0.15) is 38.2 Å². The van der Waals surface area contributed by atoms with Gasteiger partial charge in [0.15, 0.2) is 23.2 Å². The minimum Gasteiger partial charge on any atom is -0.414 e. The Balaban J connectivity index is 1.75. The summed E-state index contributed by atoms with van der Waals surface area (Å²) in [6, 6.07) is 2.04. The lowest BCUT2D eigenvalue weighted by Crippen LogP contribution is -2.66. The average Bonchev–Trinajstić information content (AvgIpc) is 3.53. The lowest BCUT2D eigenvalue weighted by atomic mass is 10.1. The van der Waals surface area contributed by atoms with Crippen molar-refractivity contribution in [3.05, 3.63) is 12.7 Å². The summed E-state index contributed by atoms with van der Waals surface area (Å²) in [4.78, 5) is 25.0. The topological polar surface area (TPSA) is 161 Å². The molecule has 0 spiro atoms. The smallest absolute Gasteiger partial charge is 0.335 e. The molecule has 1 unspecified atom stereocenters. The maximum atomic E-state index is 11.8. The summed E-state index contributed by atoms with van der Waals surface area (Å²) in [7, 11) is -5.78. The van der Waals surface area contributed by atoms with Gasteiger partial charge >= 0.3 is 17.1 Å². The van der Waals surface area contributed by atoms with Crippen LogP contribution >= 0.6 is 0 Å². The number of anilines is 1. The number of imidazole rings is 1. The summed E-state index contributed by atoms with van der Waals surface area (Å²) in [5.74, 6) is 0.0296. The van der Waals surface area contributed by atoms with Crippen molar-refractivity contribution in [1.82, 2.24) is 19.5 Å². The van der Waals surface area contributed by atoms with Gasteiger partial charge in [0.2, 0.25) is 5.91 Å². The van der Waals surface area contributed by atoms with E-state index in [-0.39, 0.29) is 61.3 Å². The number of carbonyl (C=O) groups excluding carboxylic acids is 1. The summed E-state index contributed by atoms with van der Waals surface area (Å²) in [5.41, 5.74) is 1.46. The lowest BCUT2D eigenvalue weighted by molar-refractivity contribution is -0.174. The fourth-order valence-electron chi connectivity index (χ4n) is 6.22. The Morgan fingerprint density at radius 3 is 2.36 bits per heavy atom. The fraction of sp³-hybridized carbons (Fsp3) is 0.759. The van der Waals surface area contributed by atoms with Gasteiger partial charge in [0.05, 0.1) is 32.0 Å². The highest BCUT2D eigenvalue weighted by atomic mass is 28.5. The minimum absolute atomic E-state index is 0.0318. The molecule has 0 saturated carbocycles. The van der Waals surface area contributed by atoms with Gasteiger partial charge in [-0.2, -0.15) is 5.26 Å². The average molecular weight is 665 g/mol. The highest BCUT2D eigenvalue weighted by Gasteiger charge is 2.62. The van der Waals surface area contributed by atoms with Crippen molar-refractivity contribution in [2.75, 3.05) is 32.1 Å². The van der Waals surface area contributed by atoms with Crippen molar-refractivity contribution in [3.63, 3.8) is 0 Å². The van der Waals surface area contributed by atoms with E-state index in [2.05, 4.69) is 75.7 Å². The number of rotatable bonds is 13. The molecule has 0 aliphatic carbocycles. The summed E-state index contributed by atoms with van der Waals surface area (Å²) >= 11 is 0. The number of carbonyl (C=O) groups is 1. The van der Waals surface area contributed by atoms with Crippen molar-refractivity contribution in [2.24, 2.45) is 0 Å². The third-order valence-corrected chi connectivity index (χ3v) is 18.7. The third kappa shape index (κ3) is 7.31. The molecule has 1 N–H and O–H groups in total. The van der Waals surface area contributed by atoms with Gasteiger partial charge in [-0.1, -0.05) is 55.4 Å². The van der Waals surface area contributed by atoms with Gasteiger partial charge in [0, 0.05) is 6.92 Å². The van der Waals surface area contributed by atoms with Crippen molar-refractivity contribution >= 4 is 40.0 Å². The molecule has 2 aliphatic heterocycles. The maximum absolute atomic E-state index is 11.8. The second-order valence-corrected chi connectivity index (χ2v) is 21.6. The number of nitrogens with one attached hydrogen (secondary N) is 1. The summed E-state index contributed by atoms with van der Waals surface area (Å²) in [6.07, 6.45) is 0.795. The zero-order valence-corrected chi connectivity index (χ0v) is 29.8. The van der Waals surface area contributed by atoms with Crippen LogP contribution in [0.25, 0.3) is 11.2 Å². The Hall–Kier alpha value is -2.34. The van der Waals surface area contributed by atoms with Gasteiger partial charge in [-0.05, 0) is 22.2 Å². The predicted molar refractivity (Wildman–Crippen MR) is 169 cm³/mol. The van der Waals surface area contributed by atoms with E-state index in [9.17, 15) is 4.79 Å². The van der Waals surface area contributed by atoms with Gasteiger partial charge in [-0.25, -0.2) is 15.0 Å². The van der Waals surface area contributed by atoms with Crippen LogP contribution < -0.4 is 5.32 Å². The highest BCUT2D eigenvalue weighted by molar-refractivity contribution is 6.84. The van der Waals surface area contributed by atoms with E-state index in [0.29, 0.717) is 17.0 Å². The summed E-state index contributed by atoms with van der Waals surface area (Å²) in [6.45, 7) is 19.2. The molecule has 0 radical (unpaired) electrons. The quantitative estimate of drug-likeness (QED) is 0.176. The molecule has 2 aromatic heterocycles. The number of hydrogen-bond acceptors (Lipinski definition) is 12. The zero-order valence-electron chi connectivity index (χ0n) is 27.8. The molecule has 4 atom stereocenters. The number of amides is 1. The van der Waals surface area contributed by atoms with Crippen LogP contribution in [0.1, 0.15) is 75.0 Å². The molecular weight excluding hydrogens is 617 g/mol. The molecule has 1 amide bonds. The largest absolute Gasteiger partial charge is 0.414 e. The van der Waals surface area contributed by atoms with Gasteiger partial charge in [-0.3, -0.25) is 9.36 Å². The molecule has 14 nitrogen and oxygen atoms in total. The van der Waals surface area contributed by atoms with E-state index in [0.717, 1.165) is 0 Å². The van der Waals surface area contributed by atoms with E-state index >= 15 is 0 Å². The Labute approximate surface area is 267 Å². The van der Waals surface area contributed by atoms with E-state index in [1.165, 1.54) is 13.3 Å². The van der Waals surface area contributed by atoms with Gasteiger partial charge < -0.3 is 37.2 Å². The van der Waals surface area contributed by atoms with E-state index < -0.39 is 41.7 Å². The van der Waals surface area contributed by atoms with Crippen LogP contribution in [0.4, 0.5) is 5.82 Å². The summed E-state index contributed by atoms with van der Waals surface area (Å²) in [5, 5.41) is 11.5. The predicted octanol–water partition coefficient (Wildman–Crippen LogP) is 4.89. The molecule has 2 aliphatic rings. The van der Waals surface area contributed by atoms with Crippen molar-refractivity contribution < 1.29 is 36.7 Å². The number of aromatic nitrogens is 4. The van der Waals surface area contributed by atoms with E-state index in [4.69, 9.17) is 37.2 Å². The molecular formula is C29H48N6O8Si2. The number of hydrogen-bond donors (Lipinski definition) is 1. The van der Waals surface area contributed by atoms with Gasteiger partial charge in [-0.15, -0.1) is 0 Å². The van der Waals surface area contributed by atoms with Crippen molar-refractivity contribution in [2.45, 2.75) is 115 Å². The van der Waals surface area contributed by atoms with Crippen LogP contribution in [0.3, 0.4) is 0 Å². The van der Waals surface area contributed by atoms with Crippen LogP contribution in [0, 0.1) is 11.3 Å². The number of nitrogens with zero attached hydrogens (tertiary/aromatic N) is 5. The SMILES string of the molecule is CC(=O)Nc1ncnc2c1ncn2[C@@H]1O[C@@H]2CO[Si](C(C)C)(C(C)C)O[Si](C(C)C)(C(C)C)O[C@@H]2C1OCOCOCCC#N. The molecule has 16 heteroatoms. The molecule has 0 aromatic carbocycles. The van der Waals surface area contributed by atoms with Crippen LogP contribution in [-0.2, 0) is 36.7 Å². The molecule has 4 heterocycles. The standard InChI is InChI=1S/C29H48N6O8Si2/c1-18(2)44(19(3)4)40-13-23-25(42-45(43-44,20(5)6)21(7)8)26(39-17-38-16-37-12-10-11-30)29(41-23)35-15-33-24-27(34-22(9)36)31-14-32-28(24)35/h14-15,18-21,23,25-26,29H,10,12-13,16-17H2,1-9H3,(H,31,32,34,36)/t23-,25+,26?,29-/m1/s1. The lowest BCUT2D eigenvalue weighted by Gasteiger charge is -2.51. The van der Waals surface area contributed by atoms with Crippen LogP contribution in [0.2, 0.25) is 22.2 Å². The fourth-order valence-corrected chi connectivity index (χ4v) is 17.4. The van der Waals surface area contributed by atoms with Crippen molar-refractivity contribution in [3.8, 4) is 6.07 Å². The first-order valence-electron chi connectivity index (χ1n) is 15.6. The summed E-state index contributed by atoms with van der Waals surface area (Å²) < 4.78 is 47.5. The first-order valence-corrected chi connectivity index (χ1v) is 19.6. The Kier molecular flexibility index (Phi) is 11.9. The maximum Gasteiger partial charge on any atom is 0.335 e. The molecule has 0 bridgehead atoms. The Morgan fingerprint density at radius 1 is 1.04 bits per heavy atom. The Bertz CT molecular complexity index is 1320. The third-order valence-electron chi connectivity index (χ3n) is 8.41. The number of nitriles is 1. The molecule has 250 valence electrons. The highest BCUT2D eigenvalue weighted by Crippen LogP contribution is 2.49. The first kappa shape index (κ1) is 35.5. The van der Waals surface area contributed by atoms with Gasteiger partial charge in [0.25, 0.3) is 0 Å². The second kappa shape index (κ2) is 15.0. The normalized spacial score (nSPS) is 24.6. The second-order valence-electron chi connectivity index (χ2n) is 12.7. The zero-order chi connectivity index (χ0) is 32.9. The van der Waals surface area contributed by atoms with Crippen LogP contribution in [0.5, 0.6) is 0 Å². The molecule has 2 saturated heterocycles. The van der Waals surface area contributed by atoms with Crippen LogP contribution in [0.15, 0.2) is 12.7 Å². The number of ether oxygens (including phenoxy) is 4. The van der Waals surface area contributed by atoms with Crippen molar-refractivity contribution in [1.29, 1.82) is 5.26 Å². The Morgan fingerprint density at radius 2 is 1.73 bits per heavy atom. The van der Waals surface area contributed by atoms with E-state index in [1.807, 2.05) is 6.07 Å². The number of fused-ring (bicyclic) bond motifs is 2. The minimum atomic E-state index is -2.99. The first-order chi connectivity index (χ1) is 21.4. The monoisotopic (exact) mass is 664 g/mol. The van der Waals surface area contributed by atoms with E-state index in [1.54, 1.807) is 10.9 Å². The molecule has 2 fully saturated rings. The molecule has 2 aromatic rings. The molecule has 4 rings (SSSR count).